The number of benzene rings is 1. The molecule has 4 N–H and O–H groups in total. The number of aromatic nitrogens is 1. The molecule has 34 heavy (non-hydrogen) atoms. The van der Waals surface area contributed by atoms with Crippen molar-refractivity contribution in [3.05, 3.63) is 63.4 Å². The highest BCUT2D eigenvalue weighted by Crippen LogP contribution is 2.33. The quantitative estimate of drug-likeness (QED) is 0.312. The number of halogens is 1. The Morgan fingerprint density at radius 1 is 1.00 bits per heavy atom. The lowest BCUT2D eigenvalue weighted by atomic mass is 9.95. The number of amides is 1. The van der Waals surface area contributed by atoms with Gasteiger partial charge < -0.3 is 21.3 Å². The SMILES string of the molecule is O=C(CNCc1ccc(Br)cn1)NCc1cccc2c1CCC2NCCCNC1CCCCC1. The number of carbonyl (C=O) groups is 1. The summed E-state index contributed by atoms with van der Waals surface area (Å²) in [6.45, 7) is 3.59. The molecule has 6 nitrogen and oxygen atoms in total. The molecular formula is C27H38BrN5O. The molecule has 1 unspecified atom stereocenters. The fourth-order valence-electron chi connectivity index (χ4n) is 5.16. The predicted octanol–water partition coefficient (Wildman–Crippen LogP) is 4.14. The van der Waals surface area contributed by atoms with Gasteiger partial charge in [0.1, 0.15) is 0 Å². The van der Waals surface area contributed by atoms with E-state index in [1.165, 1.54) is 55.2 Å². The van der Waals surface area contributed by atoms with E-state index in [1.54, 1.807) is 6.20 Å². The van der Waals surface area contributed by atoms with Gasteiger partial charge in [0.2, 0.25) is 5.91 Å². The number of pyridine rings is 1. The third-order valence-electron chi connectivity index (χ3n) is 7.01. The maximum absolute atomic E-state index is 12.3. The molecular weight excluding hydrogens is 490 g/mol. The Hall–Kier alpha value is -1.80. The molecule has 0 bridgehead atoms. The molecule has 1 amide bonds. The van der Waals surface area contributed by atoms with Crippen molar-refractivity contribution in [2.24, 2.45) is 0 Å². The van der Waals surface area contributed by atoms with Gasteiger partial charge in [0, 0.05) is 35.8 Å². The third-order valence-corrected chi connectivity index (χ3v) is 7.48. The number of carbonyl (C=O) groups excluding carboxylic acids is 1. The molecule has 1 saturated carbocycles. The Morgan fingerprint density at radius 2 is 1.85 bits per heavy atom. The molecule has 0 aliphatic heterocycles. The van der Waals surface area contributed by atoms with Crippen LogP contribution in [0.5, 0.6) is 0 Å². The molecule has 1 atom stereocenters. The number of hydrogen-bond acceptors (Lipinski definition) is 5. The molecule has 2 aliphatic carbocycles. The summed E-state index contributed by atoms with van der Waals surface area (Å²) in [5.74, 6) is 0.00727. The highest BCUT2D eigenvalue weighted by Gasteiger charge is 2.24. The van der Waals surface area contributed by atoms with E-state index in [-0.39, 0.29) is 12.5 Å². The van der Waals surface area contributed by atoms with Crippen molar-refractivity contribution in [1.82, 2.24) is 26.3 Å². The maximum Gasteiger partial charge on any atom is 0.234 e. The Balaban J connectivity index is 1.16. The molecule has 1 aromatic heterocycles. The van der Waals surface area contributed by atoms with Crippen LogP contribution in [-0.4, -0.2) is 36.6 Å². The van der Waals surface area contributed by atoms with Crippen molar-refractivity contribution >= 4 is 21.8 Å². The Morgan fingerprint density at radius 3 is 2.68 bits per heavy atom. The van der Waals surface area contributed by atoms with Gasteiger partial charge in [-0.3, -0.25) is 9.78 Å². The van der Waals surface area contributed by atoms with Gasteiger partial charge in [-0.15, -0.1) is 0 Å². The van der Waals surface area contributed by atoms with Crippen molar-refractivity contribution in [3.63, 3.8) is 0 Å². The molecule has 1 heterocycles. The van der Waals surface area contributed by atoms with Crippen LogP contribution < -0.4 is 21.3 Å². The number of rotatable bonds is 12. The monoisotopic (exact) mass is 527 g/mol. The van der Waals surface area contributed by atoms with Crippen LogP contribution in [0.3, 0.4) is 0 Å². The van der Waals surface area contributed by atoms with Gasteiger partial charge in [0.15, 0.2) is 0 Å². The summed E-state index contributed by atoms with van der Waals surface area (Å²) in [6.07, 6.45) is 12.0. The average molecular weight is 529 g/mol. The first-order valence-electron chi connectivity index (χ1n) is 12.8. The molecule has 0 spiro atoms. The molecule has 4 rings (SSSR count). The normalized spacial score (nSPS) is 18.1. The zero-order chi connectivity index (χ0) is 23.6. The van der Waals surface area contributed by atoms with Crippen molar-refractivity contribution in [1.29, 1.82) is 0 Å². The van der Waals surface area contributed by atoms with Crippen LogP contribution in [0.15, 0.2) is 41.0 Å². The number of fused-ring (bicyclic) bond motifs is 1. The predicted molar refractivity (Wildman–Crippen MR) is 140 cm³/mol. The summed E-state index contributed by atoms with van der Waals surface area (Å²) in [4.78, 5) is 16.6. The second kappa shape index (κ2) is 13.3. The van der Waals surface area contributed by atoms with Crippen LogP contribution in [0.4, 0.5) is 0 Å². The maximum atomic E-state index is 12.3. The molecule has 0 radical (unpaired) electrons. The van der Waals surface area contributed by atoms with E-state index in [0.29, 0.717) is 19.1 Å². The van der Waals surface area contributed by atoms with E-state index >= 15 is 0 Å². The summed E-state index contributed by atoms with van der Waals surface area (Å²) >= 11 is 3.38. The summed E-state index contributed by atoms with van der Waals surface area (Å²) < 4.78 is 0.952. The summed E-state index contributed by atoms with van der Waals surface area (Å²) in [7, 11) is 0. The lowest BCUT2D eigenvalue weighted by molar-refractivity contribution is -0.120. The largest absolute Gasteiger partial charge is 0.351 e. The van der Waals surface area contributed by atoms with E-state index in [2.05, 4.69) is 60.4 Å². The van der Waals surface area contributed by atoms with E-state index in [9.17, 15) is 4.79 Å². The van der Waals surface area contributed by atoms with Crippen molar-refractivity contribution in [2.75, 3.05) is 19.6 Å². The average Bonchev–Trinajstić information content (AvgIpc) is 3.28. The van der Waals surface area contributed by atoms with Crippen molar-refractivity contribution in [2.45, 2.75) is 76.5 Å². The van der Waals surface area contributed by atoms with Gasteiger partial charge in [0.05, 0.1) is 12.2 Å². The Bertz CT molecular complexity index is 914. The van der Waals surface area contributed by atoms with E-state index in [1.807, 2.05) is 12.1 Å². The third kappa shape index (κ3) is 7.60. The van der Waals surface area contributed by atoms with Crippen LogP contribution >= 0.6 is 15.9 Å². The van der Waals surface area contributed by atoms with Crippen LogP contribution in [-0.2, 0) is 24.3 Å². The number of nitrogens with zero attached hydrogens (tertiary/aromatic N) is 1. The first-order valence-corrected chi connectivity index (χ1v) is 13.6. The Kier molecular flexibility index (Phi) is 9.92. The molecule has 7 heteroatoms. The minimum atomic E-state index is 0.00727. The molecule has 0 saturated heterocycles. The van der Waals surface area contributed by atoms with Gasteiger partial charge in [0.25, 0.3) is 0 Å². The van der Waals surface area contributed by atoms with Gasteiger partial charge >= 0.3 is 0 Å². The first-order chi connectivity index (χ1) is 16.7. The standard InChI is InChI=1S/C27H38BrN5O/c28-21-10-11-23(32-17-21)18-29-19-27(34)33-16-20-6-4-9-25-24(20)12-13-26(25)31-15-5-14-30-22-7-2-1-3-8-22/h4,6,9-11,17,22,26,29-31H,1-3,5,7-8,12-16,18-19H2,(H,33,34). The topological polar surface area (TPSA) is 78.1 Å². The van der Waals surface area contributed by atoms with Gasteiger partial charge in [-0.05, 0) is 89.9 Å². The van der Waals surface area contributed by atoms with E-state index in [0.717, 1.165) is 42.1 Å². The van der Waals surface area contributed by atoms with E-state index < -0.39 is 0 Å². The first kappa shape index (κ1) is 25.3. The molecule has 2 aromatic rings. The van der Waals surface area contributed by atoms with Crippen molar-refractivity contribution < 1.29 is 4.79 Å². The fraction of sp³-hybridized carbons (Fsp3) is 0.556. The van der Waals surface area contributed by atoms with Gasteiger partial charge in [-0.1, -0.05) is 37.5 Å². The highest BCUT2D eigenvalue weighted by molar-refractivity contribution is 9.10. The zero-order valence-corrected chi connectivity index (χ0v) is 21.6. The summed E-state index contributed by atoms with van der Waals surface area (Å²) in [5, 5.41) is 13.7. The second-order valence-corrected chi connectivity index (χ2v) is 10.4. The molecule has 184 valence electrons. The fourth-order valence-corrected chi connectivity index (χ4v) is 5.39. The molecule has 2 aliphatic rings. The van der Waals surface area contributed by atoms with Crippen LogP contribution in [0.2, 0.25) is 0 Å². The van der Waals surface area contributed by atoms with Gasteiger partial charge in [-0.25, -0.2) is 0 Å². The lowest BCUT2D eigenvalue weighted by Gasteiger charge is -2.23. The summed E-state index contributed by atoms with van der Waals surface area (Å²) in [6, 6.07) is 11.6. The number of hydrogen-bond donors (Lipinski definition) is 4. The molecule has 1 aromatic carbocycles. The van der Waals surface area contributed by atoms with E-state index in [4.69, 9.17) is 0 Å². The Labute approximate surface area is 212 Å². The van der Waals surface area contributed by atoms with Crippen molar-refractivity contribution in [3.8, 4) is 0 Å². The number of nitrogens with one attached hydrogen (secondary N) is 4. The molecule has 1 fully saturated rings. The van der Waals surface area contributed by atoms with Crippen LogP contribution in [0.25, 0.3) is 0 Å². The zero-order valence-electron chi connectivity index (χ0n) is 20.0. The minimum absolute atomic E-state index is 0.00727. The summed E-state index contributed by atoms with van der Waals surface area (Å²) in [5.41, 5.74) is 4.97. The van der Waals surface area contributed by atoms with Crippen LogP contribution in [0.1, 0.15) is 73.4 Å². The lowest BCUT2D eigenvalue weighted by Crippen LogP contribution is -2.33. The minimum Gasteiger partial charge on any atom is -0.351 e. The smallest absolute Gasteiger partial charge is 0.234 e. The second-order valence-electron chi connectivity index (χ2n) is 9.52. The van der Waals surface area contributed by atoms with Crippen LogP contribution in [0, 0.1) is 0 Å². The van der Waals surface area contributed by atoms with Gasteiger partial charge in [-0.2, -0.15) is 0 Å². The highest BCUT2D eigenvalue weighted by atomic mass is 79.9.